The van der Waals surface area contributed by atoms with E-state index in [0.717, 1.165) is 23.2 Å². The molecule has 6 nitrogen and oxygen atoms in total. The second kappa shape index (κ2) is 4.30. The highest BCUT2D eigenvalue weighted by atomic mass is 32.2. The standard InChI is InChI=1S/C14H15NO5S/c1-14(6-2-3-7-14)15-12(16)10-5-4-9(13(17)18)8-11(10)21(15,19)20/h4-5,8H,2-3,6-7H2,1H3,(H,17,18). The topological polar surface area (TPSA) is 91.8 Å². The molecule has 1 N–H and O–H groups in total. The molecule has 1 aliphatic heterocycles. The van der Waals surface area contributed by atoms with E-state index < -0.39 is 27.4 Å². The van der Waals surface area contributed by atoms with Gasteiger partial charge < -0.3 is 5.11 Å². The van der Waals surface area contributed by atoms with Crippen LogP contribution in [0.3, 0.4) is 0 Å². The number of fused-ring (bicyclic) bond motifs is 1. The first-order valence-corrected chi connectivity index (χ1v) is 8.18. The number of aromatic carboxylic acids is 1. The number of hydrogen-bond donors (Lipinski definition) is 1. The van der Waals surface area contributed by atoms with Crippen LogP contribution in [0, 0.1) is 0 Å². The summed E-state index contributed by atoms with van der Waals surface area (Å²) in [4.78, 5) is 23.3. The summed E-state index contributed by atoms with van der Waals surface area (Å²) >= 11 is 0. The van der Waals surface area contributed by atoms with Crippen molar-refractivity contribution in [2.24, 2.45) is 0 Å². The molecule has 0 unspecified atom stereocenters. The van der Waals surface area contributed by atoms with Crippen molar-refractivity contribution in [1.82, 2.24) is 4.31 Å². The van der Waals surface area contributed by atoms with Gasteiger partial charge in [-0.05, 0) is 38.0 Å². The third-order valence-electron chi connectivity index (χ3n) is 4.33. The first-order valence-electron chi connectivity index (χ1n) is 6.74. The number of nitrogens with zero attached hydrogens (tertiary/aromatic N) is 1. The molecule has 3 rings (SSSR count). The van der Waals surface area contributed by atoms with E-state index in [1.54, 1.807) is 6.92 Å². The van der Waals surface area contributed by atoms with E-state index in [4.69, 9.17) is 5.11 Å². The van der Waals surface area contributed by atoms with E-state index in [1.807, 2.05) is 0 Å². The number of carboxylic acids is 1. The van der Waals surface area contributed by atoms with Gasteiger partial charge in [0.05, 0.1) is 16.7 Å². The van der Waals surface area contributed by atoms with Crippen LogP contribution in [-0.2, 0) is 10.0 Å². The Balaban J connectivity index is 2.17. The molecule has 0 saturated heterocycles. The summed E-state index contributed by atoms with van der Waals surface area (Å²) in [6.45, 7) is 1.78. The summed E-state index contributed by atoms with van der Waals surface area (Å²) in [5, 5.41) is 8.99. The molecule has 1 saturated carbocycles. The minimum atomic E-state index is -3.97. The number of carbonyl (C=O) groups excluding carboxylic acids is 1. The van der Waals surface area contributed by atoms with E-state index >= 15 is 0 Å². The summed E-state index contributed by atoms with van der Waals surface area (Å²) < 4.78 is 26.3. The molecule has 0 radical (unpaired) electrons. The highest BCUT2D eigenvalue weighted by Gasteiger charge is 2.51. The van der Waals surface area contributed by atoms with Crippen molar-refractivity contribution in [3.63, 3.8) is 0 Å². The fraction of sp³-hybridized carbons (Fsp3) is 0.429. The van der Waals surface area contributed by atoms with Gasteiger partial charge in [0.2, 0.25) is 0 Å². The summed E-state index contributed by atoms with van der Waals surface area (Å²) in [5.41, 5.74) is -0.783. The fourth-order valence-corrected chi connectivity index (χ4v) is 5.22. The molecule has 1 aromatic carbocycles. The van der Waals surface area contributed by atoms with Crippen molar-refractivity contribution in [3.05, 3.63) is 29.3 Å². The molecule has 7 heteroatoms. The van der Waals surface area contributed by atoms with Crippen LogP contribution in [0.1, 0.15) is 53.3 Å². The summed E-state index contributed by atoms with van der Waals surface area (Å²) in [6, 6.07) is 3.62. The average Bonchev–Trinajstić information content (AvgIpc) is 2.91. The summed E-state index contributed by atoms with van der Waals surface area (Å²) in [7, 11) is -3.97. The summed E-state index contributed by atoms with van der Waals surface area (Å²) in [6.07, 6.45) is 3.04. The minimum Gasteiger partial charge on any atom is -0.478 e. The Bertz CT molecular complexity index is 747. The van der Waals surface area contributed by atoms with Crippen LogP contribution in [-0.4, -0.2) is 35.2 Å². The van der Waals surface area contributed by atoms with Gasteiger partial charge >= 0.3 is 5.97 Å². The fourth-order valence-electron chi connectivity index (χ4n) is 3.24. The zero-order valence-electron chi connectivity index (χ0n) is 11.5. The van der Waals surface area contributed by atoms with Crippen molar-refractivity contribution in [2.45, 2.75) is 43.0 Å². The van der Waals surface area contributed by atoms with E-state index in [2.05, 4.69) is 0 Å². The van der Waals surface area contributed by atoms with Gasteiger partial charge in [0.25, 0.3) is 15.9 Å². The molecule has 1 aromatic rings. The van der Waals surface area contributed by atoms with Gasteiger partial charge in [0, 0.05) is 0 Å². The van der Waals surface area contributed by atoms with E-state index in [0.29, 0.717) is 12.8 Å². The van der Waals surface area contributed by atoms with Crippen LogP contribution in [0.25, 0.3) is 0 Å². The van der Waals surface area contributed by atoms with Gasteiger partial charge in [-0.15, -0.1) is 0 Å². The Labute approximate surface area is 122 Å². The van der Waals surface area contributed by atoms with E-state index in [9.17, 15) is 18.0 Å². The maximum atomic E-state index is 12.7. The molecule has 0 bridgehead atoms. The van der Waals surface area contributed by atoms with Crippen molar-refractivity contribution in [1.29, 1.82) is 0 Å². The van der Waals surface area contributed by atoms with Crippen LogP contribution < -0.4 is 0 Å². The molecule has 2 aliphatic rings. The molecular formula is C14H15NO5S. The van der Waals surface area contributed by atoms with Gasteiger partial charge in [-0.3, -0.25) is 4.79 Å². The predicted octanol–water partition coefficient (Wildman–Crippen LogP) is 1.86. The number of hydrogen-bond acceptors (Lipinski definition) is 4. The molecule has 112 valence electrons. The second-order valence-corrected chi connectivity index (χ2v) is 7.55. The van der Waals surface area contributed by atoms with Gasteiger partial charge in [-0.1, -0.05) is 12.8 Å². The predicted molar refractivity (Wildman–Crippen MR) is 73.6 cm³/mol. The zero-order chi connectivity index (χ0) is 15.4. The third kappa shape index (κ3) is 1.87. The summed E-state index contributed by atoms with van der Waals surface area (Å²) in [5.74, 6) is -1.77. The van der Waals surface area contributed by atoms with Crippen LogP contribution in [0.15, 0.2) is 23.1 Å². The lowest BCUT2D eigenvalue weighted by Crippen LogP contribution is -2.47. The highest BCUT2D eigenvalue weighted by molar-refractivity contribution is 7.90. The maximum Gasteiger partial charge on any atom is 0.335 e. The maximum absolute atomic E-state index is 12.7. The monoisotopic (exact) mass is 309 g/mol. The van der Waals surface area contributed by atoms with Gasteiger partial charge in [0.15, 0.2) is 0 Å². The van der Waals surface area contributed by atoms with E-state index in [-0.39, 0.29) is 16.0 Å². The van der Waals surface area contributed by atoms with Gasteiger partial charge in [0.1, 0.15) is 4.90 Å². The van der Waals surface area contributed by atoms with Crippen molar-refractivity contribution < 1.29 is 23.1 Å². The zero-order valence-corrected chi connectivity index (χ0v) is 12.3. The number of benzene rings is 1. The molecule has 0 spiro atoms. The molecule has 1 aliphatic carbocycles. The lowest BCUT2D eigenvalue weighted by atomic mass is 10.00. The number of sulfonamides is 1. The molecular weight excluding hydrogens is 294 g/mol. The van der Waals surface area contributed by atoms with Crippen molar-refractivity contribution >= 4 is 21.9 Å². The third-order valence-corrected chi connectivity index (χ3v) is 6.31. The van der Waals surface area contributed by atoms with Crippen LogP contribution in [0.2, 0.25) is 0 Å². The SMILES string of the molecule is CC1(N2C(=O)c3ccc(C(=O)O)cc3S2(=O)=O)CCCC1. The lowest BCUT2D eigenvalue weighted by molar-refractivity contribution is 0.0693. The smallest absolute Gasteiger partial charge is 0.335 e. The molecule has 0 aromatic heterocycles. The Morgan fingerprint density at radius 3 is 2.48 bits per heavy atom. The van der Waals surface area contributed by atoms with Crippen LogP contribution >= 0.6 is 0 Å². The number of carbonyl (C=O) groups is 2. The van der Waals surface area contributed by atoms with Crippen LogP contribution in [0.4, 0.5) is 0 Å². The largest absolute Gasteiger partial charge is 0.478 e. The first-order chi connectivity index (χ1) is 9.77. The number of carboxylic acid groups (broad SMARTS) is 1. The Morgan fingerprint density at radius 1 is 1.29 bits per heavy atom. The Morgan fingerprint density at radius 2 is 1.90 bits per heavy atom. The van der Waals surface area contributed by atoms with Crippen molar-refractivity contribution in [2.75, 3.05) is 0 Å². The van der Waals surface area contributed by atoms with Crippen molar-refractivity contribution in [3.8, 4) is 0 Å². The number of amides is 1. The Hall–Kier alpha value is -1.89. The molecule has 0 atom stereocenters. The quantitative estimate of drug-likeness (QED) is 0.900. The highest BCUT2D eigenvalue weighted by Crippen LogP contribution is 2.43. The molecule has 1 heterocycles. The average molecular weight is 309 g/mol. The molecule has 21 heavy (non-hydrogen) atoms. The molecule has 1 fully saturated rings. The van der Waals surface area contributed by atoms with Gasteiger partial charge in [-0.2, -0.15) is 0 Å². The van der Waals surface area contributed by atoms with Gasteiger partial charge in [-0.25, -0.2) is 17.5 Å². The van der Waals surface area contributed by atoms with Crippen LogP contribution in [0.5, 0.6) is 0 Å². The second-order valence-electron chi connectivity index (χ2n) is 5.79. The Kier molecular flexibility index (Phi) is 2.88. The molecule has 1 amide bonds. The minimum absolute atomic E-state index is 0.0631. The normalized spacial score (nSPS) is 22.3. The van der Waals surface area contributed by atoms with E-state index in [1.165, 1.54) is 12.1 Å². The lowest BCUT2D eigenvalue weighted by Gasteiger charge is -2.33. The first kappa shape index (κ1) is 14.1. The number of rotatable bonds is 2.